The van der Waals surface area contributed by atoms with Crippen LogP contribution < -0.4 is 5.32 Å². The van der Waals surface area contributed by atoms with E-state index >= 15 is 0 Å². The highest BCUT2D eigenvalue weighted by molar-refractivity contribution is 9.10. The molecule has 0 spiro atoms. The first kappa shape index (κ1) is 22.3. The van der Waals surface area contributed by atoms with Crippen LogP contribution in [0.3, 0.4) is 0 Å². The van der Waals surface area contributed by atoms with Gasteiger partial charge in [0.05, 0.1) is 6.04 Å². The number of carbonyl (C=O) groups excluding carboxylic acids is 1. The maximum Gasteiger partial charge on any atom is 0.251 e. The lowest BCUT2D eigenvalue weighted by molar-refractivity contribution is 0.0922. The van der Waals surface area contributed by atoms with Crippen molar-refractivity contribution < 1.29 is 4.79 Å². The topological polar surface area (TPSA) is 59.8 Å². The molecule has 1 amide bonds. The van der Waals surface area contributed by atoms with E-state index < -0.39 is 0 Å². The van der Waals surface area contributed by atoms with Crippen molar-refractivity contribution in [1.82, 2.24) is 20.1 Å². The summed E-state index contributed by atoms with van der Waals surface area (Å²) in [7, 11) is 0. The predicted octanol–water partition coefficient (Wildman–Crippen LogP) is 5.65. The molecule has 156 valence electrons. The van der Waals surface area contributed by atoms with Crippen molar-refractivity contribution in [2.45, 2.75) is 37.3 Å². The van der Waals surface area contributed by atoms with Gasteiger partial charge in [-0.1, -0.05) is 77.9 Å². The van der Waals surface area contributed by atoms with Crippen LogP contribution in [0.25, 0.3) is 0 Å². The summed E-state index contributed by atoms with van der Waals surface area (Å²) in [4.78, 5) is 12.7. The van der Waals surface area contributed by atoms with E-state index in [0.717, 1.165) is 21.2 Å². The first-order valence-electron chi connectivity index (χ1n) is 9.76. The summed E-state index contributed by atoms with van der Waals surface area (Å²) < 4.78 is 3.09. The minimum absolute atomic E-state index is 0.119. The van der Waals surface area contributed by atoms with Crippen molar-refractivity contribution in [3.05, 3.63) is 88.7 Å². The minimum Gasteiger partial charge on any atom is -0.342 e. The molecule has 0 saturated heterocycles. The Bertz CT molecular complexity index is 986. The fraction of sp³-hybridized carbons (Fsp3) is 0.261. The summed E-state index contributed by atoms with van der Waals surface area (Å²) in [6, 6.07) is 17.2. The molecule has 1 heterocycles. The Balaban J connectivity index is 1.82. The van der Waals surface area contributed by atoms with E-state index in [2.05, 4.69) is 64.0 Å². The lowest BCUT2D eigenvalue weighted by Gasteiger charge is -2.22. The normalized spacial score (nSPS) is 12.0. The molecule has 1 aromatic heterocycles. The van der Waals surface area contributed by atoms with Crippen LogP contribution >= 0.6 is 27.7 Å². The van der Waals surface area contributed by atoms with Gasteiger partial charge in [-0.2, -0.15) is 0 Å². The summed E-state index contributed by atoms with van der Waals surface area (Å²) in [6.45, 7) is 8.59. The maximum atomic E-state index is 12.7. The molecule has 0 saturated carbocycles. The van der Waals surface area contributed by atoms with Gasteiger partial charge in [-0.3, -0.25) is 4.79 Å². The Labute approximate surface area is 190 Å². The van der Waals surface area contributed by atoms with Crippen molar-refractivity contribution in [1.29, 1.82) is 0 Å². The Morgan fingerprint density at radius 2 is 1.87 bits per heavy atom. The van der Waals surface area contributed by atoms with Gasteiger partial charge in [0.25, 0.3) is 5.91 Å². The van der Waals surface area contributed by atoms with Gasteiger partial charge in [-0.05, 0) is 35.7 Å². The van der Waals surface area contributed by atoms with Crippen LogP contribution in [-0.2, 0) is 12.3 Å². The molecular weight excluding hydrogens is 460 g/mol. The van der Waals surface area contributed by atoms with E-state index in [1.807, 2.05) is 41.0 Å². The number of benzene rings is 2. The number of nitrogens with one attached hydrogen (secondary N) is 1. The van der Waals surface area contributed by atoms with E-state index in [4.69, 9.17) is 0 Å². The monoisotopic (exact) mass is 484 g/mol. The second-order valence-electron chi connectivity index (χ2n) is 7.22. The molecule has 7 heteroatoms. The number of amides is 1. The highest BCUT2D eigenvalue weighted by atomic mass is 79.9. The van der Waals surface area contributed by atoms with Gasteiger partial charge in [-0.15, -0.1) is 16.8 Å². The number of carbonyl (C=O) groups is 1. The number of rotatable bonds is 9. The first-order chi connectivity index (χ1) is 14.5. The highest BCUT2D eigenvalue weighted by Gasteiger charge is 2.26. The van der Waals surface area contributed by atoms with E-state index in [1.165, 1.54) is 5.56 Å². The number of hydrogen-bond acceptors (Lipinski definition) is 4. The average molecular weight is 485 g/mol. The molecule has 3 aromatic rings. The second kappa shape index (κ2) is 10.6. The fourth-order valence-corrected chi connectivity index (χ4v) is 4.18. The summed E-state index contributed by atoms with van der Waals surface area (Å²) >= 11 is 5.09. The van der Waals surface area contributed by atoms with Gasteiger partial charge in [0.2, 0.25) is 0 Å². The van der Waals surface area contributed by atoms with Crippen molar-refractivity contribution in [3.63, 3.8) is 0 Å². The lowest BCUT2D eigenvalue weighted by Crippen LogP contribution is -2.33. The summed E-state index contributed by atoms with van der Waals surface area (Å²) in [5, 5.41) is 12.8. The standard InChI is InChI=1S/C23H25BrN4OS/c1-4-14-28-21(20(16(2)3)25-22(29)18-8-6-5-7-9-18)26-27-23(28)30-15-17-10-12-19(24)13-11-17/h4-13,16,20H,1,14-15H2,2-3H3,(H,25,29)/t20-/m1/s1. The Kier molecular flexibility index (Phi) is 7.87. The van der Waals surface area contributed by atoms with Crippen LogP contribution in [-0.4, -0.2) is 20.7 Å². The Morgan fingerprint density at radius 3 is 2.50 bits per heavy atom. The summed E-state index contributed by atoms with van der Waals surface area (Å²) in [5.74, 6) is 1.56. The van der Waals surface area contributed by atoms with Crippen LogP contribution in [0.1, 0.15) is 41.6 Å². The number of thioether (sulfide) groups is 1. The SMILES string of the molecule is C=CCn1c(SCc2ccc(Br)cc2)nnc1[C@H](NC(=O)c1ccccc1)C(C)C. The maximum absolute atomic E-state index is 12.7. The van der Waals surface area contributed by atoms with Crippen LogP contribution in [0.2, 0.25) is 0 Å². The number of hydrogen-bond donors (Lipinski definition) is 1. The van der Waals surface area contributed by atoms with Crippen molar-refractivity contribution in [3.8, 4) is 0 Å². The third kappa shape index (κ3) is 5.61. The van der Waals surface area contributed by atoms with Crippen LogP contribution in [0.15, 0.2) is 76.9 Å². The highest BCUT2D eigenvalue weighted by Crippen LogP contribution is 2.28. The second-order valence-corrected chi connectivity index (χ2v) is 9.07. The number of halogens is 1. The predicted molar refractivity (Wildman–Crippen MR) is 125 cm³/mol. The summed E-state index contributed by atoms with van der Waals surface area (Å²) in [5.41, 5.74) is 1.83. The number of nitrogens with zero attached hydrogens (tertiary/aromatic N) is 3. The quantitative estimate of drug-likeness (QED) is 0.315. The summed E-state index contributed by atoms with van der Waals surface area (Å²) in [6.07, 6.45) is 1.83. The number of allylic oxidation sites excluding steroid dienone is 1. The molecule has 3 rings (SSSR count). The Morgan fingerprint density at radius 1 is 1.17 bits per heavy atom. The van der Waals surface area contributed by atoms with E-state index in [-0.39, 0.29) is 17.9 Å². The molecule has 0 bridgehead atoms. The van der Waals surface area contributed by atoms with Crippen molar-refractivity contribution >= 4 is 33.6 Å². The van der Waals surface area contributed by atoms with Gasteiger partial charge in [0.1, 0.15) is 0 Å². The van der Waals surface area contributed by atoms with Crippen LogP contribution in [0.4, 0.5) is 0 Å². The fourth-order valence-electron chi connectivity index (χ4n) is 3.01. The van der Waals surface area contributed by atoms with Gasteiger partial charge >= 0.3 is 0 Å². The smallest absolute Gasteiger partial charge is 0.251 e. The molecule has 30 heavy (non-hydrogen) atoms. The average Bonchev–Trinajstić information content (AvgIpc) is 3.14. The zero-order valence-electron chi connectivity index (χ0n) is 17.1. The Hall–Kier alpha value is -2.38. The molecule has 1 N–H and O–H groups in total. The van der Waals surface area contributed by atoms with Gasteiger partial charge in [0.15, 0.2) is 11.0 Å². The van der Waals surface area contributed by atoms with E-state index in [1.54, 1.807) is 23.9 Å². The zero-order chi connectivity index (χ0) is 21.5. The molecule has 1 atom stereocenters. The molecule has 5 nitrogen and oxygen atoms in total. The largest absolute Gasteiger partial charge is 0.342 e. The third-order valence-electron chi connectivity index (χ3n) is 4.61. The molecule has 0 fully saturated rings. The molecule has 0 aliphatic carbocycles. The van der Waals surface area contributed by atoms with Crippen LogP contribution in [0.5, 0.6) is 0 Å². The first-order valence-corrected chi connectivity index (χ1v) is 11.5. The molecule has 2 aromatic carbocycles. The lowest BCUT2D eigenvalue weighted by atomic mass is 10.0. The molecule has 0 radical (unpaired) electrons. The van der Waals surface area contributed by atoms with Gasteiger partial charge in [0, 0.05) is 22.3 Å². The van der Waals surface area contributed by atoms with Crippen molar-refractivity contribution in [2.75, 3.05) is 0 Å². The van der Waals surface area contributed by atoms with E-state index in [0.29, 0.717) is 12.1 Å². The molecule has 0 unspecified atom stereocenters. The zero-order valence-corrected chi connectivity index (χ0v) is 19.5. The third-order valence-corrected chi connectivity index (χ3v) is 6.17. The number of aromatic nitrogens is 3. The minimum atomic E-state index is -0.257. The van der Waals surface area contributed by atoms with Crippen LogP contribution in [0, 0.1) is 5.92 Å². The van der Waals surface area contributed by atoms with Crippen molar-refractivity contribution in [2.24, 2.45) is 5.92 Å². The molecular formula is C23H25BrN4OS. The van der Waals surface area contributed by atoms with E-state index in [9.17, 15) is 4.79 Å². The molecule has 0 aliphatic rings. The van der Waals surface area contributed by atoms with Gasteiger partial charge < -0.3 is 9.88 Å². The van der Waals surface area contributed by atoms with Gasteiger partial charge in [-0.25, -0.2) is 0 Å². The molecule has 0 aliphatic heterocycles.